The molecule has 0 saturated heterocycles. The zero-order valence-corrected chi connectivity index (χ0v) is 9.32. The Labute approximate surface area is 85.0 Å². The van der Waals surface area contributed by atoms with Gasteiger partial charge in [0.15, 0.2) is 0 Å². The van der Waals surface area contributed by atoms with Gasteiger partial charge >= 0.3 is 0 Å². The van der Waals surface area contributed by atoms with Crippen molar-refractivity contribution in [3.8, 4) is 0 Å². The predicted octanol–water partition coefficient (Wildman–Crippen LogP) is 2.02. The van der Waals surface area contributed by atoms with E-state index in [0.29, 0.717) is 18.3 Å². The van der Waals surface area contributed by atoms with Crippen molar-refractivity contribution in [2.75, 3.05) is 12.4 Å². The van der Waals surface area contributed by atoms with E-state index in [1.54, 1.807) is 0 Å². The molecule has 13 heavy (non-hydrogen) atoms. The van der Waals surface area contributed by atoms with Crippen molar-refractivity contribution in [2.45, 2.75) is 27.2 Å². The van der Waals surface area contributed by atoms with Crippen molar-refractivity contribution in [1.29, 1.82) is 0 Å². The summed E-state index contributed by atoms with van der Waals surface area (Å²) in [7, 11) is 0. The van der Waals surface area contributed by atoms with Crippen LogP contribution in [-0.2, 0) is 4.79 Å². The third kappa shape index (κ3) is 3.18. The van der Waals surface area contributed by atoms with Crippen LogP contribution in [0, 0.1) is 17.3 Å². The van der Waals surface area contributed by atoms with E-state index in [-0.39, 0.29) is 17.2 Å². The molecule has 1 saturated carbocycles. The molecule has 0 aromatic heterocycles. The molecule has 0 spiro atoms. The van der Waals surface area contributed by atoms with E-state index in [4.69, 9.17) is 11.6 Å². The summed E-state index contributed by atoms with van der Waals surface area (Å²) in [6.45, 7) is 6.89. The lowest BCUT2D eigenvalue weighted by molar-refractivity contribution is -0.122. The fraction of sp³-hybridized carbons (Fsp3) is 0.900. The first-order chi connectivity index (χ1) is 5.96. The van der Waals surface area contributed by atoms with Crippen molar-refractivity contribution in [3.63, 3.8) is 0 Å². The summed E-state index contributed by atoms with van der Waals surface area (Å²) >= 11 is 5.75. The Morgan fingerprint density at radius 1 is 1.62 bits per heavy atom. The first kappa shape index (κ1) is 10.8. The van der Waals surface area contributed by atoms with Gasteiger partial charge in [-0.3, -0.25) is 4.79 Å². The van der Waals surface area contributed by atoms with Crippen molar-refractivity contribution < 1.29 is 4.79 Å². The van der Waals surface area contributed by atoms with E-state index in [1.165, 1.54) is 0 Å². The van der Waals surface area contributed by atoms with Gasteiger partial charge in [0.2, 0.25) is 5.91 Å². The molecule has 1 aliphatic rings. The zero-order valence-electron chi connectivity index (χ0n) is 8.56. The Bertz CT molecular complexity index is 203. The summed E-state index contributed by atoms with van der Waals surface area (Å²) in [6, 6.07) is 0. The van der Waals surface area contributed by atoms with Gasteiger partial charge in [-0.1, -0.05) is 20.8 Å². The highest BCUT2D eigenvalue weighted by Crippen LogP contribution is 2.37. The maximum Gasteiger partial charge on any atom is 0.223 e. The molecule has 0 aliphatic heterocycles. The lowest BCUT2D eigenvalue weighted by Crippen LogP contribution is -2.36. The van der Waals surface area contributed by atoms with Gasteiger partial charge in [-0.2, -0.15) is 0 Å². The second-order valence-electron chi connectivity index (χ2n) is 4.84. The standard InChI is InChI=1S/C10H18ClNO/c1-7-4-8(7)9(13)12-6-10(2,3)5-11/h7-8H,4-6H2,1-3H3,(H,12,13). The van der Waals surface area contributed by atoms with Gasteiger partial charge in [0.05, 0.1) is 0 Å². The predicted molar refractivity (Wildman–Crippen MR) is 54.8 cm³/mol. The van der Waals surface area contributed by atoms with Crippen molar-refractivity contribution in [2.24, 2.45) is 17.3 Å². The molecular formula is C10H18ClNO. The van der Waals surface area contributed by atoms with Crippen LogP contribution in [0.25, 0.3) is 0 Å². The fourth-order valence-corrected chi connectivity index (χ4v) is 1.29. The topological polar surface area (TPSA) is 29.1 Å². The molecule has 0 heterocycles. The minimum absolute atomic E-state index is 0.00927. The van der Waals surface area contributed by atoms with Crippen molar-refractivity contribution in [3.05, 3.63) is 0 Å². The molecule has 2 nitrogen and oxygen atoms in total. The second kappa shape index (κ2) is 3.87. The van der Waals surface area contributed by atoms with Crippen LogP contribution in [0.2, 0.25) is 0 Å². The van der Waals surface area contributed by atoms with Crippen LogP contribution in [0.1, 0.15) is 27.2 Å². The van der Waals surface area contributed by atoms with Crippen LogP contribution in [-0.4, -0.2) is 18.3 Å². The van der Waals surface area contributed by atoms with E-state index >= 15 is 0 Å². The Morgan fingerprint density at radius 2 is 2.15 bits per heavy atom. The average molecular weight is 204 g/mol. The van der Waals surface area contributed by atoms with Crippen LogP contribution >= 0.6 is 11.6 Å². The van der Waals surface area contributed by atoms with Crippen LogP contribution in [0.3, 0.4) is 0 Å². The average Bonchev–Trinajstić information content (AvgIpc) is 2.79. The highest BCUT2D eigenvalue weighted by Gasteiger charge is 2.39. The van der Waals surface area contributed by atoms with Crippen LogP contribution in [0.5, 0.6) is 0 Å². The molecule has 1 rings (SSSR count). The Morgan fingerprint density at radius 3 is 2.54 bits per heavy atom. The quantitative estimate of drug-likeness (QED) is 0.696. The summed E-state index contributed by atoms with van der Waals surface area (Å²) < 4.78 is 0. The molecule has 1 aliphatic carbocycles. The summed E-state index contributed by atoms with van der Waals surface area (Å²) in [6.07, 6.45) is 1.05. The maximum atomic E-state index is 11.4. The molecule has 0 bridgehead atoms. The molecule has 0 aromatic rings. The third-order valence-corrected chi connectivity index (χ3v) is 3.27. The minimum atomic E-state index is 0.00927. The summed E-state index contributed by atoms with van der Waals surface area (Å²) in [5.41, 5.74) is 0.00927. The van der Waals surface area contributed by atoms with Crippen LogP contribution < -0.4 is 5.32 Å². The van der Waals surface area contributed by atoms with Gasteiger partial charge in [-0.15, -0.1) is 11.6 Å². The molecule has 2 atom stereocenters. The van der Waals surface area contributed by atoms with Crippen molar-refractivity contribution >= 4 is 17.5 Å². The molecule has 3 heteroatoms. The first-order valence-electron chi connectivity index (χ1n) is 4.80. The number of nitrogens with one attached hydrogen (secondary N) is 1. The highest BCUT2D eigenvalue weighted by molar-refractivity contribution is 6.18. The number of hydrogen-bond donors (Lipinski definition) is 1. The van der Waals surface area contributed by atoms with Gasteiger partial charge in [-0.25, -0.2) is 0 Å². The van der Waals surface area contributed by atoms with E-state index < -0.39 is 0 Å². The summed E-state index contributed by atoms with van der Waals surface area (Å²) in [5, 5.41) is 2.94. The van der Waals surface area contributed by atoms with Gasteiger partial charge in [0.25, 0.3) is 0 Å². The first-order valence-corrected chi connectivity index (χ1v) is 5.33. The monoisotopic (exact) mass is 203 g/mol. The Balaban J connectivity index is 2.22. The largest absolute Gasteiger partial charge is 0.355 e. The maximum absolute atomic E-state index is 11.4. The van der Waals surface area contributed by atoms with E-state index in [9.17, 15) is 4.79 Å². The normalized spacial score (nSPS) is 27.1. The molecule has 1 fully saturated rings. The number of amides is 1. The lowest BCUT2D eigenvalue weighted by Gasteiger charge is -2.21. The molecule has 1 amide bonds. The van der Waals surface area contributed by atoms with Gasteiger partial charge < -0.3 is 5.32 Å². The van der Waals surface area contributed by atoms with E-state index in [0.717, 1.165) is 6.42 Å². The Hall–Kier alpha value is -0.240. The molecular weight excluding hydrogens is 186 g/mol. The SMILES string of the molecule is CC1CC1C(=O)NCC(C)(C)CCl. The van der Waals surface area contributed by atoms with Gasteiger partial charge in [0, 0.05) is 18.3 Å². The second-order valence-corrected chi connectivity index (χ2v) is 5.10. The summed E-state index contributed by atoms with van der Waals surface area (Å²) in [4.78, 5) is 11.4. The molecule has 76 valence electrons. The highest BCUT2D eigenvalue weighted by atomic mass is 35.5. The third-order valence-electron chi connectivity index (χ3n) is 2.55. The van der Waals surface area contributed by atoms with E-state index in [2.05, 4.69) is 26.1 Å². The molecule has 2 unspecified atom stereocenters. The minimum Gasteiger partial charge on any atom is -0.355 e. The Kier molecular flexibility index (Phi) is 3.23. The number of rotatable bonds is 4. The zero-order chi connectivity index (χ0) is 10.1. The van der Waals surface area contributed by atoms with Crippen molar-refractivity contribution in [1.82, 2.24) is 5.32 Å². The number of hydrogen-bond acceptors (Lipinski definition) is 1. The number of alkyl halides is 1. The van der Waals surface area contributed by atoms with E-state index in [1.807, 2.05) is 0 Å². The van der Waals surface area contributed by atoms with Crippen LogP contribution in [0.15, 0.2) is 0 Å². The molecule has 1 N–H and O–H groups in total. The molecule has 0 radical (unpaired) electrons. The smallest absolute Gasteiger partial charge is 0.223 e. The van der Waals surface area contributed by atoms with Crippen LogP contribution in [0.4, 0.5) is 0 Å². The molecule has 0 aromatic carbocycles. The number of carbonyl (C=O) groups is 1. The lowest BCUT2D eigenvalue weighted by atomic mass is 9.96. The van der Waals surface area contributed by atoms with Gasteiger partial charge in [0.1, 0.15) is 0 Å². The summed E-state index contributed by atoms with van der Waals surface area (Å²) in [5.74, 6) is 1.63. The number of carbonyl (C=O) groups excluding carboxylic acids is 1. The fourth-order valence-electron chi connectivity index (χ4n) is 1.19. The van der Waals surface area contributed by atoms with Gasteiger partial charge in [-0.05, 0) is 17.8 Å². The number of halogens is 1.